The first-order valence-corrected chi connectivity index (χ1v) is 8.07. The highest BCUT2D eigenvalue weighted by atomic mass is 15.4. The van der Waals surface area contributed by atoms with Crippen molar-refractivity contribution in [3.63, 3.8) is 0 Å². The van der Waals surface area contributed by atoms with Gasteiger partial charge in [0.15, 0.2) is 0 Å². The van der Waals surface area contributed by atoms with Crippen LogP contribution in [0.5, 0.6) is 0 Å². The largest absolute Gasteiger partial charge is 0.380 e. The third-order valence-electron chi connectivity index (χ3n) is 3.75. The fourth-order valence-corrected chi connectivity index (χ4v) is 2.78. The number of benzene rings is 2. The molecule has 0 atom stereocenters. The van der Waals surface area contributed by atoms with E-state index >= 15 is 0 Å². The molecule has 1 aromatic heterocycles. The molecule has 4 nitrogen and oxygen atoms in total. The molecule has 0 spiro atoms. The molecule has 0 fully saturated rings. The highest BCUT2D eigenvalue weighted by Gasteiger charge is 2.21. The highest BCUT2D eigenvalue weighted by molar-refractivity contribution is 5.87. The maximum absolute atomic E-state index is 4.38. The molecule has 0 aliphatic carbocycles. The normalized spacial score (nSPS) is 11.6. The molecular weight excluding hydrogens is 284 g/mol. The summed E-state index contributed by atoms with van der Waals surface area (Å²) >= 11 is 0. The van der Waals surface area contributed by atoms with Crippen LogP contribution in [0, 0.1) is 0 Å². The molecule has 1 aliphatic heterocycles. The molecule has 0 radical (unpaired) electrons. The Kier molecular flexibility index (Phi) is 4.42. The number of aryl methyl sites for hydroxylation is 1. The van der Waals surface area contributed by atoms with E-state index in [2.05, 4.69) is 59.8 Å². The Morgan fingerprint density at radius 1 is 1.00 bits per heavy atom. The predicted molar refractivity (Wildman–Crippen MR) is 95.2 cm³/mol. The van der Waals surface area contributed by atoms with E-state index in [1.165, 1.54) is 12.0 Å². The lowest BCUT2D eigenvalue weighted by molar-refractivity contribution is 0.721. The van der Waals surface area contributed by atoms with Gasteiger partial charge in [-0.15, -0.1) is 5.10 Å². The Morgan fingerprint density at radius 2 is 1.65 bits per heavy atom. The van der Waals surface area contributed by atoms with Crippen molar-refractivity contribution >= 4 is 5.69 Å². The van der Waals surface area contributed by atoms with E-state index in [0.717, 1.165) is 34.7 Å². The maximum atomic E-state index is 4.38. The summed E-state index contributed by atoms with van der Waals surface area (Å²) in [5.41, 5.74) is 6.66. The lowest BCUT2D eigenvalue weighted by Crippen LogP contribution is -2.07. The minimum absolute atomic E-state index is 0.795. The zero-order chi connectivity index (χ0) is 16.2. The van der Waals surface area contributed by atoms with Gasteiger partial charge >= 0.3 is 0 Å². The Morgan fingerprint density at radius 3 is 2.43 bits per heavy atom. The summed E-state index contributed by atoms with van der Waals surface area (Å²) in [6.45, 7) is 5.04. The van der Waals surface area contributed by atoms with Gasteiger partial charge in [-0.25, -0.2) is 4.68 Å². The minimum atomic E-state index is 0.795. The van der Waals surface area contributed by atoms with Gasteiger partial charge in [-0.1, -0.05) is 67.9 Å². The van der Waals surface area contributed by atoms with Gasteiger partial charge in [-0.05, 0) is 11.6 Å². The van der Waals surface area contributed by atoms with Crippen molar-refractivity contribution in [1.29, 1.82) is 0 Å². The van der Waals surface area contributed by atoms with E-state index in [-0.39, 0.29) is 0 Å². The number of hydrogen-bond donors (Lipinski definition) is 1. The quantitative estimate of drug-likeness (QED) is 0.665. The number of nitrogens with one attached hydrogen (secondary N) is 1. The molecule has 4 heteroatoms. The average Bonchev–Trinajstić information content (AvgIpc) is 2.93. The number of hydrogen-bond acceptors (Lipinski definition) is 3. The van der Waals surface area contributed by atoms with Gasteiger partial charge in [-0.2, -0.15) is 0 Å². The number of fused-ring (bicyclic) bond motifs is 5. The van der Waals surface area contributed by atoms with E-state index in [1.54, 1.807) is 0 Å². The molecule has 0 bridgehead atoms. The molecule has 3 aromatic rings. The van der Waals surface area contributed by atoms with Crippen molar-refractivity contribution in [1.82, 2.24) is 15.0 Å². The van der Waals surface area contributed by atoms with Crippen LogP contribution in [-0.4, -0.2) is 15.0 Å². The molecule has 0 unspecified atom stereocenters. The zero-order valence-corrected chi connectivity index (χ0v) is 13.9. The molecule has 1 aliphatic rings. The van der Waals surface area contributed by atoms with Gasteiger partial charge < -0.3 is 5.32 Å². The first-order valence-electron chi connectivity index (χ1n) is 8.07. The molecule has 0 amide bonds. The number of nitrogens with zero attached hydrogens (tertiary/aromatic N) is 3. The van der Waals surface area contributed by atoms with Gasteiger partial charge in [0.25, 0.3) is 0 Å². The van der Waals surface area contributed by atoms with Gasteiger partial charge in [0.05, 0.1) is 5.69 Å². The monoisotopic (exact) mass is 306 g/mol. The van der Waals surface area contributed by atoms with Crippen LogP contribution in [0.2, 0.25) is 0 Å². The van der Waals surface area contributed by atoms with E-state index in [0.29, 0.717) is 0 Å². The smallest absolute Gasteiger partial charge is 0.121 e. The third-order valence-corrected chi connectivity index (χ3v) is 3.75. The molecule has 1 N–H and O–H groups in total. The Labute approximate surface area is 137 Å². The summed E-state index contributed by atoms with van der Waals surface area (Å²) < 4.78 is 1.85. The van der Waals surface area contributed by atoms with Crippen molar-refractivity contribution in [2.75, 3.05) is 5.32 Å². The zero-order valence-electron chi connectivity index (χ0n) is 13.9. The van der Waals surface area contributed by atoms with Crippen molar-refractivity contribution in [3.8, 4) is 22.5 Å². The fraction of sp³-hybridized carbons (Fsp3) is 0.263. The van der Waals surface area contributed by atoms with Crippen LogP contribution in [0.1, 0.15) is 25.8 Å². The van der Waals surface area contributed by atoms with Crippen LogP contribution in [-0.2, 0) is 13.6 Å². The summed E-state index contributed by atoms with van der Waals surface area (Å²) in [7, 11) is 1.94. The summed E-state index contributed by atoms with van der Waals surface area (Å²) in [6.07, 6.45) is 1.25. The van der Waals surface area contributed by atoms with Crippen LogP contribution in [0.25, 0.3) is 22.5 Å². The lowest BCUT2D eigenvalue weighted by atomic mass is 9.97. The lowest BCUT2D eigenvalue weighted by Gasteiger charge is -2.18. The van der Waals surface area contributed by atoms with Gasteiger partial charge in [0, 0.05) is 30.4 Å². The topological polar surface area (TPSA) is 42.7 Å². The molecule has 2 aromatic carbocycles. The van der Waals surface area contributed by atoms with E-state index in [9.17, 15) is 0 Å². The summed E-state index contributed by atoms with van der Waals surface area (Å²) in [5.74, 6) is 0. The van der Waals surface area contributed by atoms with Crippen LogP contribution in [0.15, 0.2) is 48.5 Å². The first-order chi connectivity index (χ1) is 11.3. The van der Waals surface area contributed by atoms with Crippen LogP contribution < -0.4 is 5.32 Å². The fourth-order valence-electron chi connectivity index (χ4n) is 2.78. The van der Waals surface area contributed by atoms with Crippen LogP contribution in [0.4, 0.5) is 5.69 Å². The predicted octanol–water partition coefficient (Wildman–Crippen LogP) is 4.49. The standard InChI is InChI=1S/C16H14N4.C3H8/c1-20-16-13-8-4-5-9-14(13)17-10-11-6-2-3-7-12(11)15(16)18-19-20;1-3-2/h2-9,17H,10H2,1H3;3H2,1-2H3. The first kappa shape index (κ1) is 15.3. The second kappa shape index (κ2) is 6.65. The van der Waals surface area contributed by atoms with Gasteiger partial charge in [0.1, 0.15) is 5.69 Å². The highest BCUT2D eigenvalue weighted by Crippen LogP contribution is 2.37. The van der Waals surface area contributed by atoms with Crippen molar-refractivity contribution in [2.24, 2.45) is 7.05 Å². The average molecular weight is 306 g/mol. The Bertz CT molecular complexity index is 805. The molecular formula is C19H22N4. The molecule has 4 rings (SSSR count). The maximum Gasteiger partial charge on any atom is 0.121 e. The SMILES string of the molecule is CCC.Cn1nnc2c1-c1ccccc1NCc1ccccc1-2. The molecule has 118 valence electrons. The molecule has 23 heavy (non-hydrogen) atoms. The van der Waals surface area contributed by atoms with E-state index in [4.69, 9.17) is 0 Å². The summed E-state index contributed by atoms with van der Waals surface area (Å²) in [6, 6.07) is 16.6. The molecule has 0 saturated carbocycles. The Balaban J connectivity index is 0.000000485. The summed E-state index contributed by atoms with van der Waals surface area (Å²) in [4.78, 5) is 0. The van der Waals surface area contributed by atoms with E-state index < -0.39 is 0 Å². The molecule has 0 saturated heterocycles. The minimum Gasteiger partial charge on any atom is -0.380 e. The van der Waals surface area contributed by atoms with Crippen molar-refractivity contribution in [2.45, 2.75) is 26.8 Å². The van der Waals surface area contributed by atoms with Gasteiger partial charge in [-0.3, -0.25) is 0 Å². The number of anilines is 1. The van der Waals surface area contributed by atoms with Crippen molar-refractivity contribution in [3.05, 3.63) is 54.1 Å². The number of aromatic nitrogens is 3. The summed E-state index contributed by atoms with van der Waals surface area (Å²) in [5, 5.41) is 12.1. The second-order valence-corrected chi connectivity index (χ2v) is 5.67. The second-order valence-electron chi connectivity index (χ2n) is 5.67. The Hall–Kier alpha value is -2.62. The van der Waals surface area contributed by atoms with Crippen LogP contribution in [0.3, 0.4) is 0 Å². The molecule has 2 heterocycles. The van der Waals surface area contributed by atoms with Crippen LogP contribution >= 0.6 is 0 Å². The number of para-hydroxylation sites is 1. The number of rotatable bonds is 0. The van der Waals surface area contributed by atoms with E-state index in [1.807, 2.05) is 29.9 Å². The van der Waals surface area contributed by atoms with Crippen molar-refractivity contribution < 1.29 is 0 Å². The third kappa shape index (κ3) is 2.84. The van der Waals surface area contributed by atoms with Gasteiger partial charge in [0.2, 0.25) is 0 Å².